The second-order valence-corrected chi connectivity index (χ2v) is 8.36. The Kier molecular flexibility index (Phi) is 3.50. The Hall–Kier alpha value is -2.85. The monoisotopic (exact) mass is 470 g/mol. The molecule has 0 radical (unpaired) electrons. The summed E-state index contributed by atoms with van der Waals surface area (Å²) in [5, 5.41) is 7.24. The summed E-state index contributed by atoms with van der Waals surface area (Å²) in [6.45, 7) is 0. The molecule has 0 aliphatic rings. The fourth-order valence-corrected chi connectivity index (χ4v) is 4.60. The summed E-state index contributed by atoms with van der Waals surface area (Å²) < 4.78 is 7.70. The van der Waals surface area contributed by atoms with Crippen LogP contribution in [-0.4, -0.2) is 0 Å². The van der Waals surface area contributed by atoms with Crippen LogP contribution in [0.4, 0.5) is 0 Å². The Bertz CT molecular complexity index is 1510. The second kappa shape index (κ2) is 6.08. The van der Waals surface area contributed by atoms with Gasteiger partial charge in [-0.3, -0.25) is 0 Å². The third-order valence-electron chi connectivity index (χ3n) is 5.52. The first-order valence-electron chi connectivity index (χ1n) is 9.31. The first-order valence-corrected chi connectivity index (χ1v) is 10.4. The van der Waals surface area contributed by atoms with Crippen molar-refractivity contribution < 1.29 is 4.42 Å². The molecule has 0 unspecified atom stereocenters. The molecule has 1 heterocycles. The van der Waals surface area contributed by atoms with E-state index in [9.17, 15) is 0 Å². The summed E-state index contributed by atoms with van der Waals surface area (Å²) in [4.78, 5) is 0. The lowest BCUT2D eigenvalue weighted by Gasteiger charge is -2.08. The van der Waals surface area contributed by atoms with Crippen LogP contribution >= 0.6 is 22.6 Å². The molecule has 0 aliphatic carbocycles. The maximum absolute atomic E-state index is 6.46. The lowest BCUT2D eigenvalue weighted by atomic mass is 9.94. The van der Waals surface area contributed by atoms with Gasteiger partial charge in [0.25, 0.3) is 0 Å². The molecule has 5 aromatic carbocycles. The molecule has 0 saturated carbocycles. The minimum Gasteiger partial charge on any atom is -0.455 e. The summed E-state index contributed by atoms with van der Waals surface area (Å²) in [6.07, 6.45) is 0. The van der Waals surface area contributed by atoms with Crippen molar-refractivity contribution in [3.8, 4) is 11.1 Å². The van der Waals surface area contributed by atoms with Crippen molar-refractivity contribution in [3.63, 3.8) is 0 Å². The van der Waals surface area contributed by atoms with Crippen molar-refractivity contribution in [2.45, 2.75) is 0 Å². The van der Waals surface area contributed by atoms with E-state index in [2.05, 4.69) is 114 Å². The maximum atomic E-state index is 6.46. The second-order valence-electron chi connectivity index (χ2n) is 7.12. The van der Waals surface area contributed by atoms with Gasteiger partial charge in [0, 0.05) is 19.7 Å². The lowest BCUT2D eigenvalue weighted by Crippen LogP contribution is -1.83. The van der Waals surface area contributed by atoms with Crippen LogP contribution in [0, 0.1) is 3.57 Å². The highest BCUT2D eigenvalue weighted by molar-refractivity contribution is 14.1. The molecule has 0 saturated heterocycles. The Morgan fingerprint density at radius 1 is 0.607 bits per heavy atom. The molecule has 2 heteroatoms. The number of rotatable bonds is 1. The maximum Gasteiger partial charge on any atom is 0.143 e. The van der Waals surface area contributed by atoms with E-state index in [1.54, 1.807) is 0 Å². The van der Waals surface area contributed by atoms with Crippen molar-refractivity contribution in [2.24, 2.45) is 0 Å². The molecule has 0 spiro atoms. The van der Waals surface area contributed by atoms with Crippen molar-refractivity contribution in [1.29, 1.82) is 0 Å². The Balaban J connectivity index is 1.80. The predicted molar refractivity (Wildman–Crippen MR) is 127 cm³/mol. The summed E-state index contributed by atoms with van der Waals surface area (Å²) in [5.41, 5.74) is 4.34. The van der Waals surface area contributed by atoms with Crippen LogP contribution in [0.1, 0.15) is 0 Å². The summed E-state index contributed by atoms with van der Waals surface area (Å²) in [5.74, 6) is 0. The van der Waals surface area contributed by atoms with Crippen LogP contribution < -0.4 is 0 Å². The zero-order chi connectivity index (χ0) is 18.7. The van der Waals surface area contributed by atoms with E-state index in [4.69, 9.17) is 4.42 Å². The van der Waals surface area contributed by atoms with E-state index in [0.717, 1.165) is 16.6 Å². The number of hydrogen-bond donors (Lipinski definition) is 0. The van der Waals surface area contributed by atoms with Gasteiger partial charge in [-0.1, -0.05) is 66.7 Å². The van der Waals surface area contributed by atoms with Crippen LogP contribution in [0.15, 0.2) is 95.4 Å². The van der Waals surface area contributed by atoms with Gasteiger partial charge in [-0.15, -0.1) is 0 Å². The number of furan rings is 1. The van der Waals surface area contributed by atoms with Gasteiger partial charge >= 0.3 is 0 Å². The third kappa shape index (κ3) is 2.31. The van der Waals surface area contributed by atoms with Crippen molar-refractivity contribution >= 4 is 66.1 Å². The predicted octanol–water partition coefficient (Wildman–Crippen LogP) is 8.16. The standard InChI is InChI=1S/C26H15IO/c27-18-12-9-17(10-13-18)23-15-24-25(21-8-4-3-7-20(21)23)22-14-11-16-5-1-2-6-19(16)26(22)28-24/h1-15H. The summed E-state index contributed by atoms with van der Waals surface area (Å²) in [6, 6.07) is 32.3. The van der Waals surface area contributed by atoms with Gasteiger partial charge in [-0.2, -0.15) is 0 Å². The minimum atomic E-state index is 0.943. The molecule has 0 atom stereocenters. The first kappa shape index (κ1) is 16.1. The largest absolute Gasteiger partial charge is 0.455 e. The van der Waals surface area contributed by atoms with E-state index in [1.807, 2.05) is 0 Å². The fraction of sp³-hybridized carbons (Fsp3) is 0. The van der Waals surface area contributed by atoms with E-state index >= 15 is 0 Å². The third-order valence-corrected chi connectivity index (χ3v) is 6.24. The molecule has 132 valence electrons. The van der Waals surface area contributed by atoms with Crippen LogP contribution in [0.3, 0.4) is 0 Å². The zero-order valence-electron chi connectivity index (χ0n) is 14.9. The molecular weight excluding hydrogens is 455 g/mol. The number of hydrogen-bond acceptors (Lipinski definition) is 1. The first-order chi connectivity index (χ1) is 13.8. The van der Waals surface area contributed by atoms with Crippen molar-refractivity contribution in [2.75, 3.05) is 0 Å². The number of fused-ring (bicyclic) bond motifs is 7. The SMILES string of the molecule is Ic1ccc(-c2cc3oc4c5ccccc5ccc4c3c3ccccc23)cc1. The number of halogens is 1. The Morgan fingerprint density at radius 3 is 2.14 bits per heavy atom. The Morgan fingerprint density at radius 2 is 1.32 bits per heavy atom. The Labute approximate surface area is 175 Å². The van der Waals surface area contributed by atoms with E-state index in [1.165, 1.54) is 41.6 Å². The van der Waals surface area contributed by atoms with Gasteiger partial charge < -0.3 is 4.42 Å². The average molecular weight is 470 g/mol. The molecule has 0 fully saturated rings. The van der Waals surface area contributed by atoms with Gasteiger partial charge in [0.05, 0.1) is 0 Å². The topological polar surface area (TPSA) is 13.1 Å². The van der Waals surface area contributed by atoms with Gasteiger partial charge in [0.15, 0.2) is 0 Å². The van der Waals surface area contributed by atoms with Crippen LogP contribution in [-0.2, 0) is 0 Å². The van der Waals surface area contributed by atoms with Crippen LogP contribution in [0.25, 0.3) is 54.6 Å². The van der Waals surface area contributed by atoms with Crippen LogP contribution in [0.2, 0.25) is 0 Å². The minimum absolute atomic E-state index is 0.943. The van der Waals surface area contributed by atoms with Gasteiger partial charge in [-0.25, -0.2) is 0 Å². The molecule has 1 nitrogen and oxygen atoms in total. The normalized spacial score (nSPS) is 11.8. The van der Waals surface area contributed by atoms with Crippen molar-refractivity contribution in [1.82, 2.24) is 0 Å². The fourth-order valence-electron chi connectivity index (χ4n) is 4.24. The summed E-state index contributed by atoms with van der Waals surface area (Å²) in [7, 11) is 0. The smallest absolute Gasteiger partial charge is 0.143 e. The van der Waals surface area contributed by atoms with Crippen molar-refractivity contribution in [3.05, 3.63) is 94.6 Å². The molecule has 28 heavy (non-hydrogen) atoms. The highest BCUT2D eigenvalue weighted by atomic mass is 127. The average Bonchev–Trinajstić information content (AvgIpc) is 3.13. The van der Waals surface area contributed by atoms with Gasteiger partial charge in [-0.05, 0) is 74.1 Å². The zero-order valence-corrected chi connectivity index (χ0v) is 17.1. The molecule has 0 N–H and O–H groups in total. The van der Waals surface area contributed by atoms with Gasteiger partial charge in [0.1, 0.15) is 11.2 Å². The summed E-state index contributed by atoms with van der Waals surface area (Å²) >= 11 is 2.35. The van der Waals surface area contributed by atoms with E-state index in [-0.39, 0.29) is 0 Å². The molecule has 0 amide bonds. The highest BCUT2D eigenvalue weighted by Crippen LogP contribution is 2.41. The van der Waals surface area contributed by atoms with E-state index < -0.39 is 0 Å². The van der Waals surface area contributed by atoms with E-state index in [0.29, 0.717) is 0 Å². The van der Waals surface area contributed by atoms with Gasteiger partial charge in [0.2, 0.25) is 0 Å². The molecule has 6 aromatic rings. The lowest BCUT2D eigenvalue weighted by molar-refractivity contribution is 0.673. The molecule has 1 aromatic heterocycles. The highest BCUT2D eigenvalue weighted by Gasteiger charge is 2.16. The molecule has 0 bridgehead atoms. The number of benzene rings is 5. The molecule has 6 rings (SSSR count). The quantitative estimate of drug-likeness (QED) is 0.221. The molecular formula is C26H15IO. The van der Waals surface area contributed by atoms with Crippen LogP contribution in [0.5, 0.6) is 0 Å². The molecule has 0 aliphatic heterocycles.